The molecule has 0 unspecified atom stereocenters. The first-order valence-electron chi connectivity index (χ1n) is 22.7. The first-order chi connectivity index (χ1) is 32.7. The second-order valence-corrected chi connectivity index (χ2v) is 16.9. The fraction of sp³-hybridized carbons (Fsp3) is 0. The summed E-state index contributed by atoms with van der Waals surface area (Å²) in [6, 6.07) is 96.9. The van der Waals surface area contributed by atoms with E-state index in [9.17, 15) is 0 Å². The summed E-state index contributed by atoms with van der Waals surface area (Å²) < 4.78 is 2.45. The maximum Gasteiger partial charge on any atom is 0.0619 e. The van der Waals surface area contributed by atoms with Crippen LogP contribution in [0.3, 0.4) is 0 Å². The lowest BCUT2D eigenvalue weighted by Crippen LogP contribution is -2.11. The quantitative estimate of drug-likeness (QED) is 0.141. The van der Waals surface area contributed by atoms with E-state index < -0.39 is 0 Å². The van der Waals surface area contributed by atoms with E-state index >= 15 is 0 Å². The highest BCUT2D eigenvalue weighted by Gasteiger charge is 2.21. The van der Waals surface area contributed by atoms with Crippen molar-refractivity contribution < 1.29 is 0 Å². The SMILES string of the molecule is c1ccc(-c2cc(-c3ccccc3)cc(-c3ccc(N(c4cccc(-c5cccc6c5c5ccc7ccccc7c5n6-c5ccccc5)c4)c4ccccc4-c4ccccc4)cc3)c2)cc1. The van der Waals surface area contributed by atoms with Gasteiger partial charge in [-0.25, -0.2) is 0 Å². The molecule has 0 radical (unpaired) electrons. The number of fused-ring (bicyclic) bond motifs is 5. The lowest BCUT2D eigenvalue weighted by Gasteiger charge is -2.28. The zero-order valence-electron chi connectivity index (χ0n) is 36.3. The van der Waals surface area contributed by atoms with Crippen molar-refractivity contribution in [3.63, 3.8) is 0 Å². The number of para-hydroxylation sites is 2. The van der Waals surface area contributed by atoms with Crippen molar-refractivity contribution in [2.45, 2.75) is 0 Å². The molecular formula is C64H44N2. The van der Waals surface area contributed by atoms with E-state index in [1.165, 1.54) is 71.5 Å². The van der Waals surface area contributed by atoms with Crippen LogP contribution in [0.5, 0.6) is 0 Å². The molecule has 0 spiro atoms. The summed E-state index contributed by atoms with van der Waals surface area (Å²) in [4.78, 5) is 2.42. The topological polar surface area (TPSA) is 8.17 Å². The molecule has 11 aromatic carbocycles. The van der Waals surface area contributed by atoms with Gasteiger partial charge in [-0.15, -0.1) is 0 Å². The Hall–Kier alpha value is -8.72. The molecule has 12 aromatic rings. The van der Waals surface area contributed by atoms with Crippen LogP contribution >= 0.6 is 0 Å². The standard InChI is InChI=1S/C64H44N2/c1-5-19-45(20-6-1)51-41-52(46-21-7-2-8-22-46)43-53(42-51)47-35-38-55(39-36-47)65(61-33-16-15-30-57(61)48-23-9-3-10-24-48)56-29-17-26-50(44-56)58-32-18-34-62-63(58)60-40-37-49-25-13-14-31-59(49)64(60)66(62)54-27-11-4-12-28-54/h1-44H. The molecule has 0 amide bonds. The first kappa shape index (κ1) is 38.9. The minimum Gasteiger partial charge on any atom is -0.310 e. The summed E-state index contributed by atoms with van der Waals surface area (Å²) in [6.07, 6.45) is 0. The average molecular weight is 841 g/mol. The van der Waals surface area contributed by atoms with Gasteiger partial charge in [-0.1, -0.05) is 200 Å². The summed E-state index contributed by atoms with van der Waals surface area (Å²) >= 11 is 0. The largest absolute Gasteiger partial charge is 0.310 e. The number of rotatable bonds is 9. The predicted molar refractivity (Wildman–Crippen MR) is 280 cm³/mol. The van der Waals surface area contributed by atoms with Crippen molar-refractivity contribution in [2.24, 2.45) is 0 Å². The second-order valence-electron chi connectivity index (χ2n) is 16.9. The van der Waals surface area contributed by atoms with Crippen molar-refractivity contribution in [3.05, 3.63) is 267 Å². The molecule has 0 saturated heterocycles. The van der Waals surface area contributed by atoms with Crippen molar-refractivity contribution in [1.29, 1.82) is 0 Å². The summed E-state index contributed by atoms with van der Waals surface area (Å²) in [5, 5.41) is 4.95. The van der Waals surface area contributed by atoms with E-state index in [1.54, 1.807) is 0 Å². The van der Waals surface area contributed by atoms with Crippen LogP contribution in [-0.4, -0.2) is 4.57 Å². The third kappa shape index (κ3) is 7.02. The van der Waals surface area contributed by atoms with Crippen LogP contribution in [0.2, 0.25) is 0 Å². The lowest BCUT2D eigenvalue weighted by atomic mass is 9.93. The third-order valence-corrected chi connectivity index (χ3v) is 12.9. The molecule has 66 heavy (non-hydrogen) atoms. The number of nitrogens with zero attached hydrogens (tertiary/aromatic N) is 2. The lowest BCUT2D eigenvalue weighted by molar-refractivity contribution is 1.19. The van der Waals surface area contributed by atoms with E-state index in [0.29, 0.717) is 0 Å². The van der Waals surface area contributed by atoms with Crippen LogP contribution in [0.25, 0.3) is 93.9 Å². The van der Waals surface area contributed by atoms with Gasteiger partial charge in [-0.3, -0.25) is 0 Å². The highest BCUT2D eigenvalue weighted by atomic mass is 15.1. The van der Waals surface area contributed by atoms with Crippen LogP contribution in [0, 0.1) is 0 Å². The summed E-state index contributed by atoms with van der Waals surface area (Å²) in [6.45, 7) is 0. The van der Waals surface area contributed by atoms with Gasteiger partial charge < -0.3 is 9.47 Å². The van der Waals surface area contributed by atoms with Crippen LogP contribution < -0.4 is 4.90 Å². The van der Waals surface area contributed by atoms with Gasteiger partial charge in [-0.05, 0) is 122 Å². The Morgan fingerprint density at radius 3 is 1.50 bits per heavy atom. The fourth-order valence-corrected chi connectivity index (χ4v) is 9.88. The average Bonchev–Trinajstić information content (AvgIpc) is 3.75. The van der Waals surface area contributed by atoms with E-state index in [2.05, 4.69) is 276 Å². The van der Waals surface area contributed by atoms with E-state index in [0.717, 1.165) is 39.4 Å². The van der Waals surface area contributed by atoms with Crippen molar-refractivity contribution in [1.82, 2.24) is 4.57 Å². The Kier molecular flexibility index (Phi) is 9.89. The number of aromatic nitrogens is 1. The smallest absolute Gasteiger partial charge is 0.0619 e. The highest BCUT2D eigenvalue weighted by Crippen LogP contribution is 2.45. The van der Waals surface area contributed by atoms with Crippen LogP contribution in [-0.2, 0) is 0 Å². The fourth-order valence-electron chi connectivity index (χ4n) is 9.88. The predicted octanol–water partition coefficient (Wildman–Crippen LogP) is 17.7. The molecule has 0 aliphatic rings. The van der Waals surface area contributed by atoms with Crippen LogP contribution in [0.15, 0.2) is 267 Å². The normalized spacial score (nSPS) is 11.3. The van der Waals surface area contributed by atoms with E-state index in [4.69, 9.17) is 0 Å². The molecule has 1 heterocycles. The van der Waals surface area contributed by atoms with Crippen molar-refractivity contribution >= 4 is 49.6 Å². The minimum atomic E-state index is 1.08. The van der Waals surface area contributed by atoms with Crippen LogP contribution in [0.4, 0.5) is 17.1 Å². The zero-order chi connectivity index (χ0) is 43.8. The Morgan fingerprint density at radius 1 is 0.288 bits per heavy atom. The Bertz CT molecular complexity index is 3610. The molecule has 2 nitrogen and oxygen atoms in total. The van der Waals surface area contributed by atoms with E-state index in [-0.39, 0.29) is 0 Å². The maximum absolute atomic E-state index is 2.45. The second kappa shape index (κ2) is 16.8. The van der Waals surface area contributed by atoms with Gasteiger partial charge >= 0.3 is 0 Å². The van der Waals surface area contributed by atoms with Crippen molar-refractivity contribution in [2.75, 3.05) is 4.90 Å². The molecule has 0 saturated carbocycles. The van der Waals surface area contributed by atoms with Crippen LogP contribution in [0.1, 0.15) is 0 Å². The number of anilines is 3. The van der Waals surface area contributed by atoms with Gasteiger partial charge in [0.05, 0.1) is 16.7 Å². The van der Waals surface area contributed by atoms with Gasteiger partial charge in [-0.2, -0.15) is 0 Å². The van der Waals surface area contributed by atoms with Crippen molar-refractivity contribution in [3.8, 4) is 61.3 Å². The Morgan fingerprint density at radius 2 is 0.818 bits per heavy atom. The molecule has 12 rings (SSSR count). The highest BCUT2D eigenvalue weighted by molar-refractivity contribution is 6.22. The summed E-state index contributed by atoms with van der Waals surface area (Å²) in [5.74, 6) is 0. The number of hydrogen-bond donors (Lipinski definition) is 0. The molecule has 0 N–H and O–H groups in total. The molecule has 1 aromatic heterocycles. The van der Waals surface area contributed by atoms with Gasteiger partial charge in [0.15, 0.2) is 0 Å². The summed E-state index contributed by atoms with van der Waals surface area (Å²) in [7, 11) is 0. The molecular weight excluding hydrogens is 797 g/mol. The third-order valence-electron chi connectivity index (χ3n) is 12.9. The number of hydrogen-bond acceptors (Lipinski definition) is 1. The van der Waals surface area contributed by atoms with Gasteiger partial charge in [0.25, 0.3) is 0 Å². The van der Waals surface area contributed by atoms with Gasteiger partial charge in [0, 0.05) is 38.8 Å². The summed E-state index contributed by atoms with van der Waals surface area (Å²) in [5.41, 5.74) is 18.6. The molecule has 310 valence electrons. The Labute approximate surface area is 385 Å². The zero-order valence-corrected chi connectivity index (χ0v) is 36.3. The molecule has 0 bridgehead atoms. The van der Waals surface area contributed by atoms with Gasteiger partial charge in [0.1, 0.15) is 0 Å². The molecule has 0 aliphatic heterocycles. The number of benzene rings is 11. The first-order valence-corrected chi connectivity index (χ1v) is 22.7. The van der Waals surface area contributed by atoms with E-state index in [1.807, 2.05) is 0 Å². The molecule has 0 fully saturated rings. The van der Waals surface area contributed by atoms with Gasteiger partial charge in [0.2, 0.25) is 0 Å². The Balaban J connectivity index is 1.03. The monoisotopic (exact) mass is 840 g/mol. The minimum absolute atomic E-state index is 1.08. The maximum atomic E-state index is 2.45. The molecule has 0 atom stereocenters. The molecule has 2 heteroatoms. The molecule has 0 aliphatic carbocycles.